The summed E-state index contributed by atoms with van der Waals surface area (Å²) in [6.45, 7) is 4.52. The maximum atomic E-state index is 13.6. The monoisotopic (exact) mass is 251 g/mol. The van der Waals surface area contributed by atoms with E-state index in [9.17, 15) is 9.50 Å². The molecule has 0 unspecified atom stereocenters. The molecule has 0 bridgehead atoms. The summed E-state index contributed by atoms with van der Waals surface area (Å²) in [6, 6.07) is 5.54. The number of fused-ring (bicyclic) bond motifs is 1. The van der Waals surface area contributed by atoms with Gasteiger partial charge in [-0.1, -0.05) is 19.1 Å². The SMILES string of the molecule is CC[C@H](C)NC[C@H](O)c1cccc2n[nH]c(F)c12. The molecule has 2 rings (SSSR count). The molecule has 1 aromatic heterocycles. The van der Waals surface area contributed by atoms with Crippen LogP contribution in [-0.4, -0.2) is 27.9 Å². The van der Waals surface area contributed by atoms with Gasteiger partial charge in [-0.05, 0) is 25.0 Å². The molecule has 1 heterocycles. The summed E-state index contributed by atoms with van der Waals surface area (Å²) in [6.07, 6.45) is 0.242. The van der Waals surface area contributed by atoms with E-state index in [4.69, 9.17) is 0 Å². The first-order valence-corrected chi connectivity index (χ1v) is 6.17. The molecule has 98 valence electrons. The Morgan fingerprint density at radius 1 is 1.50 bits per heavy atom. The molecule has 18 heavy (non-hydrogen) atoms. The standard InChI is InChI=1S/C13H18FN3O/c1-3-8(2)15-7-11(18)9-5-4-6-10-12(9)13(14)17-16-10/h4-6,8,11,15,18H,3,7H2,1-2H3,(H,16,17)/t8-,11-/m0/s1. The average molecular weight is 251 g/mol. The van der Waals surface area contributed by atoms with Crippen LogP contribution in [0, 0.1) is 5.95 Å². The quantitative estimate of drug-likeness (QED) is 0.763. The summed E-state index contributed by atoms with van der Waals surface area (Å²) in [5.41, 5.74) is 1.10. The number of hydrogen-bond acceptors (Lipinski definition) is 3. The number of nitrogens with zero attached hydrogens (tertiary/aromatic N) is 1. The highest BCUT2D eigenvalue weighted by Gasteiger charge is 2.16. The number of benzene rings is 1. The Kier molecular flexibility index (Phi) is 3.93. The van der Waals surface area contributed by atoms with E-state index in [2.05, 4.69) is 22.4 Å². The van der Waals surface area contributed by atoms with Crippen LogP contribution in [0.5, 0.6) is 0 Å². The van der Waals surface area contributed by atoms with Gasteiger partial charge in [0.1, 0.15) is 0 Å². The molecule has 2 atom stereocenters. The van der Waals surface area contributed by atoms with Gasteiger partial charge in [0.05, 0.1) is 17.0 Å². The second-order valence-corrected chi connectivity index (χ2v) is 4.51. The van der Waals surface area contributed by atoms with Crippen molar-refractivity contribution in [2.75, 3.05) is 6.54 Å². The molecule has 3 N–H and O–H groups in total. The molecule has 0 spiro atoms. The number of aromatic amines is 1. The zero-order chi connectivity index (χ0) is 13.1. The summed E-state index contributed by atoms with van der Waals surface area (Å²) < 4.78 is 13.6. The van der Waals surface area contributed by atoms with Crippen LogP contribution < -0.4 is 5.32 Å². The predicted octanol–water partition coefficient (Wildman–Crippen LogP) is 2.12. The molecule has 0 saturated heterocycles. The molecular weight excluding hydrogens is 233 g/mol. The third-order valence-corrected chi connectivity index (χ3v) is 3.20. The maximum Gasteiger partial charge on any atom is 0.217 e. The van der Waals surface area contributed by atoms with Crippen LogP contribution in [0.15, 0.2) is 18.2 Å². The highest BCUT2D eigenvalue weighted by Crippen LogP contribution is 2.24. The van der Waals surface area contributed by atoms with Crippen molar-refractivity contribution in [1.29, 1.82) is 0 Å². The van der Waals surface area contributed by atoms with E-state index in [-0.39, 0.29) is 0 Å². The fraction of sp³-hybridized carbons (Fsp3) is 0.462. The van der Waals surface area contributed by atoms with Crippen LogP contribution in [0.2, 0.25) is 0 Å². The number of nitrogens with one attached hydrogen (secondary N) is 2. The molecule has 0 amide bonds. The van der Waals surface area contributed by atoms with Gasteiger partial charge in [-0.3, -0.25) is 5.10 Å². The van der Waals surface area contributed by atoms with Gasteiger partial charge in [0, 0.05) is 12.6 Å². The maximum absolute atomic E-state index is 13.6. The van der Waals surface area contributed by atoms with Gasteiger partial charge in [-0.2, -0.15) is 9.49 Å². The smallest absolute Gasteiger partial charge is 0.217 e. The van der Waals surface area contributed by atoms with Crippen LogP contribution in [-0.2, 0) is 0 Å². The van der Waals surface area contributed by atoms with E-state index < -0.39 is 12.1 Å². The largest absolute Gasteiger partial charge is 0.387 e. The van der Waals surface area contributed by atoms with E-state index in [1.165, 1.54) is 0 Å². The van der Waals surface area contributed by atoms with E-state index >= 15 is 0 Å². The first kappa shape index (κ1) is 13.0. The van der Waals surface area contributed by atoms with Gasteiger partial charge in [0.15, 0.2) is 0 Å². The Hall–Kier alpha value is -1.46. The molecule has 0 saturated carbocycles. The van der Waals surface area contributed by atoms with Crippen molar-refractivity contribution in [1.82, 2.24) is 15.5 Å². The van der Waals surface area contributed by atoms with Gasteiger partial charge in [-0.15, -0.1) is 0 Å². The molecule has 2 aromatic rings. The third kappa shape index (κ3) is 2.52. The lowest BCUT2D eigenvalue weighted by Gasteiger charge is -2.16. The second kappa shape index (κ2) is 5.46. The molecule has 0 aliphatic heterocycles. The predicted molar refractivity (Wildman–Crippen MR) is 68.8 cm³/mol. The summed E-state index contributed by atoms with van der Waals surface area (Å²) in [7, 11) is 0. The van der Waals surface area contributed by atoms with Crippen LogP contribution in [0.1, 0.15) is 31.9 Å². The van der Waals surface area contributed by atoms with E-state index in [1.807, 2.05) is 6.92 Å². The van der Waals surface area contributed by atoms with Crippen molar-refractivity contribution in [2.45, 2.75) is 32.4 Å². The Morgan fingerprint density at radius 3 is 3.00 bits per heavy atom. The van der Waals surface area contributed by atoms with E-state index in [0.29, 0.717) is 29.1 Å². The highest BCUT2D eigenvalue weighted by molar-refractivity contribution is 5.82. The number of hydrogen-bond donors (Lipinski definition) is 3. The molecule has 4 nitrogen and oxygen atoms in total. The normalized spacial score (nSPS) is 14.9. The van der Waals surface area contributed by atoms with Crippen molar-refractivity contribution < 1.29 is 9.50 Å². The number of rotatable bonds is 5. The Bertz CT molecular complexity index is 526. The van der Waals surface area contributed by atoms with Crippen LogP contribution in [0.3, 0.4) is 0 Å². The fourth-order valence-electron chi connectivity index (χ4n) is 1.90. The summed E-state index contributed by atoms with van der Waals surface area (Å²) >= 11 is 0. The minimum Gasteiger partial charge on any atom is -0.387 e. The number of H-pyrrole nitrogens is 1. The van der Waals surface area contributed by atoms with E-state index in [0.717, 1.165) is 6.42 Å². The van der Waals surface area contributed by atoms with Crippen LogP contribution in [0.25, 0.3) is 10.9 Å². The summed E-state index contributed by atoms with van der Waals surface area (Å²) in [5.74, 6) is -0.497. The Morgan fingerprint density at radius 2 is 2.28 bits per heavy atom. The first-order valence-electron chi connectivity index (χ1n) is 6.17. The lowest BCUT2D eigenvalue weighted by atomic mass is 10.0. The van der Waals surface area contributed by atoms with Crippen molar-refractivity contribution in [3.8, 4) is 0 Å². The zero-order valence-electron chi connectivity index (χ0n) is 10.6. The van der Waals surface area contributed by atoms with Crippen molar-refractivity contribution in [3.63, 3.8) is 0 Å². The molecule has 0 fully saturated rings. The average Bonchev–Trinajstić information content (AvgIpc) is 2.77. The minimum atomic E-state index is -0.741. The third-order valence-electron chi connectivity index (χ3n) is 3.20. The number of aromatic nitrogens is 2. The number of aliphatic hydroxyl groups is 1. The molecule has 0 aliphatic rings. The lowest BCUT2D eigenvalue weighted by molar-refractivity contribution is 0.171. The molecule has 0 radical (unpaired) electrons. The number of halogens is 1. The zero-order valence-corrected chi connectivity index (χ0v) is 10.6. The fourth-order valence-corrected chi connectivity index (χ4v) is 1.90. The highest BCUT2D eigenvalue weighted by atomic mass is 19.1. The van der Waals surface area contributed by atoms with Crippen LogP contribution in [0.4, 0.5) is 4.39 Å². The Labute approximate surface area is 105 Å². The topological polar surface area (TPSA) is 60.9 Å². The first-order chi connectivity index (χ1) is 8.63. The van der Waals surface area contributed by atoms with Gasteiger partial charge < -0.3 is 10.4 Å². The lowest BCUT2D eigenvalue weighted by Crippen LogP contribution is -2.29. The molecular formula is C13H18FN3O. The molecule has 1 aromatic carbocycles. The van der Waals surface area contributed by atoms with Crippen LogP contribution >= 0.6 is 0 Å². The van der Waals surface area contributed by atoms with Crippen molar-refractivity contribution >= 4 is 10.9 Å². The summed E-state index contributed by atoms with van der Waals surface area (Å²) in [5, 5.41) is 19.9. The van der Waals surface area contributed by atoms with E-state index in [1.54, 1.807) is 18.2 Å². The minimum absolute atomic E-state index is 0.327. The van der Waals surface area contributed by atoms with Gasteiger partial charge in [0.25, 0.3) is 0 Å². The summed E-state index contributed by atoms with van der Waals surface area (Å²) in [4.78, 5) is 0. The molecule has 5 heteroatoms. The second-order valence-electron chi connectivity index (χ2n) is 4.51. The van der Waals surface area contributed by atoms with Gasteiger partial charge >= 0.3 is 0 Å². The van der Waals surface area contributed by atoms with Gasteiger partial charge in [0.2, 0.25) is 5.95 Å². The number of aliphatic hydroxyl groups excluding tert-OH is 1. The Balaban J connectivity index is 2.22. The van der Waals surface area contributed by atoms with Gasteiger partial charge in [-0.25, -0.2) is 0 Å². The van der Waals surface area contributed by atoms with Crippen molar-refractivity contribution in [3.05, 3.63) is 29.7 Å². The van der Waals surface area contributed by atoms with Crippen molar-refractivity contribution in [2.24, 2.45) is 0 Å². The molecule has 0 aliphatic carbocycles.